The van der Waals surface area contributed by atoms with Gasteiger partial charge in [0.1, 0.15) is 0 Å². The number of hydrogen-bond donors (Lipinski definition) is 0. The fourth-order valence-corrected chi connectivity index (χ4v) is 3.69. The van der Waals surface area contributed by atoms with Crippen LogP contribution in [-0.2, 0) is 11.3 Å². The van der Waals surface area contributed by atoms with Gasteiger partial charge in [0.2, 0.25) is 0 Å². The van der Waals surface area contributed by atoms with Gasteiger partial charge in [-0.25, -0.2) is 0 Å². The molecule has 2 aromatic rings. The predicted octanol–water partition coefficient (Wildman–Crippen LogP) is 3.29. The molecule has 1 aromatic heterocycles. The lowest BCUT2D eigenvalue weighted by atomic mass is 9.90. The van der Waals surface area contributed by atoms with Gasteiger partial charge in [-0.3, -0.25) is 9.88 Å². The molecule has 0 spiro atoms. The Morgan fingerprint density at radius 2 is 1.80 bits per heavy atom. The number of aromatic nitrogens is 1. The highest BCUT2D eigenvalue weighted by Gasteiger charge is 2.34. The number of benzene rings is 1. The summed E-state index contributed by atoms with van der Waals surface area (Å²) < 4.78 is 5.88. The summed E-state index contributed by atoms with van der Waals surface area (Å²) >= 11 is 0. The van der Waals surface area contributed by atoms with Crippen molar-refractivity contribution in [3.63, 3.8) is 0 Å². The molecule has 1 aliphatic rings. The van der Waals surface area contributed by atoms with Gasteiger partial charge in [-0.1, -0.05) is 30.3 Å². The van der Waals surface area contributed by atoms with Crippen LogP contribution in [0.4, 0.5) is 0 Å². The second kappa shape index (κ2) is 8.09. The summed E-state index contributed by atoms with van der Waals surface area (Å²) in [6.07, 6.45) is 4.02. The smallest absolute Gasteiger partial charge is 0.0829 e. The lowest BCUT2D eigenvalue weighted by molar-refractivity contribution is -0.0712. The molecule has 0 radical (unpaired) electrons. The van der Waals surface area contributed by atoms with E-state index in [1.807, 2.05) is 25.4 Å². The van der Waals surface area contributed by atoms with Gasteiger partial charge in [0.15, 0.2) is 0 Å². The van der Waals surface area contributed by atoms with Gasteiger partial charge in [-0.2, -0.15) is 0 Å². The van der Waals surface area contributed by atoms with E-state index in [2.05, 4.69) is 59.2 Å². The van der Waals surface area contributed by atoms with Crippen molar-refractivity contribution in [2.24, 2.45) is 0 Å². The first-order valence-electron chi connectivity index (χ1n) is 9.03. The van der Waals surface area contributed by atoms with Crippen LogP contribution in [0.25, 0.3) is 11.3 Å². The summed E-state index contributed by atoms with van der Waals surface area (Å²) in [5.41, 5.74) is 3.58. The molecule has 134 valence electrons. The molecule has 0 saturated carbocycles. The molecule has 0 N–H and O–H groups in total. The molecule has 4 heteroatoms. The predicted molar refractivity (Wildman–Crippen MR) is 102 cm³/mol. The number of likely N-dealkylation sites (N-methyl/N-ethyl adjacent to an activating group) is 1. The number of pyridine rings is 1. The minimum atomic E-state index is 0.0167. The van der Waals surface area contributed by atoms with Crippen LogP contribution < -0.4 is 0 Å². The fraction of sp³-hybridized carbons (Fsp3) is 0.476. The fourth-order valence-electron chi connectivity index (χ4n) is 3.69. The topological polar surface area (TPSA) is 28.6 Å². The van der Waals surface area contributed by atoms with Gasteiger partial charge in [0.05, 0.1) is 11.3 Å². The van der Waals surface area contributed by atoms with Gasteiger partial charge in [0, 0.05) is 45.0 Å². The second-order valence-corrected chi connectivity index (χ2v) is 7.31. The van der Waals surface area contributed by atoms with E-state index in [9.17, 15) is 0 Å². The van der Waals surface area contributed by atoms with Crippen molar-refractivity contribution in [2.45, 2.75) is 25.0 Å². The van der Waals surface area contributed by atoms with Crippen molar-refractivity contribution in [1.82, 2.24) is 14.8 Å². The van der Waals surface area contributed by atoms with Crippen LogP contribution in [0.1, 0.15) is 18.4 Å². The SMILES string of the molecule is COC1(CN(C)C)CCN(Cc2ccc(-c3ccccn3)cc2)CC1. The van der Waals surface area contributed by atoms with Crippen LogP contribution in [0.3, 0.4) is 0 Å². The third-order valence-corrected chi connectivity index (χ3v) is 5.13. The van der Waals surface area contributed by atoms with Crippen LogP contribution in [0.5, 0.6) is 0 Å². The molecule has 0 atom stereocenters. The van der Waals surface area contributed by atoms with Gasteiger partial charge >= 0.3 is 0 Å². The highest BCUT2D eigenvalue weighted by Crippen LogP contribution is 2.27. The quantitative estimate of drug-likeness (QED) is 0.807. The molecule has 4 nitrogen and oxygen atoms in total. The Hall–Kier alpha value is -1.75. The van der Waals surface area contributed by atoms with E-state index in [-0.39, 0.29) is 5.60 Å². The maximum atomic E-state index is 5.88. The summed E-state index contributed by atoms with van der Waals surface area (Å²) in [4.78, 5) is 9.18. The molecule has 0 unspecified atom stereocenters. The normalized spacial score (nSPS) is 17.8. The zero-order valence-corrected chi connectivity index (χ0v) is 15.6. The average Bonchev–Trinajstić information content (AvgIpc) is 2.64. The Kier molecular flexibility index (Phi) is 5.84. The van der Waals surface area contributed by atoms with Crippen molar-refractivity contribution in [1.29, 1.82) is 0 Å². The molecule has 0 amide bonds. The third kappa shape index (κ3) is 4.66. The molecule has 1 aliphatic heterocycles. The largest absolute Gasteiger partial charge is 0.377 e. The van der Waals surface area contributed by atoms with Crippen molar-refractivity contribution in [3.8, 4) is 11.3 Å². The molecule has 2 heterocycles. The summed E-state index contributed by atoms with van der Waals surface area (Å²) in [6.45, 7) is 4.17. The standard InChI is InChI=1S/C21H29N3O/c1-23(2)17-21(25-3)11-14-24(15-12-21)16-18-7-9-19(10-8-18)20-6-4-5-13-22-20/h4-10,13H,11-12,14-17H2,1-3H3. The molecular weight excluding hydrogens is 310 g/mol. The summed E-state index contributed by atoms with van der Waals surface area (Å²) in [5, 5.41) is 0. The van der Waals surface area contributed by atoms with Crippen LogP contribution in [0.2, 0.25) is 0 Å². The van der Waals surface area contributed by atoms with E-state index in [4.69, 9.17) is 4.74 Å². The van der Waals surface area contributed by atoms with E-state index < -0.39 is 0 Å². The van der Waals surface area contributed by atoms with Crippen LogP contribution in [-0.4, -0.2) is 61.2 Å². The molecular formula is C21H29N3O. The van der Waals surface area contributed by atoms with Crippen molar-refractivity contribution >= 4 is 0 Å². The van der Waals surface area contributed by atoms with E-state index >= 15 is 0 Å². The highest BCUT2D eigenvalue weighted by molar-refractivity contribution is 5.58. The Labute approximate surface area is 151 Å². The highest BCUT2D eigenvalue weighted by atomic mass is 16.5. The number of nitrogens with zero attached hydrogens (tertiary/aromatic N) is 3. The molecule has 1 fully saturated rings. The van der Waals surface area contributed by atoms with Crippen molar-refractivity contribution < 1.29 is 4.74 Å². The zero-order chi connectivity index (χ0) is 17.7. The zero-order valence-electron chi connectivity index (χ0n) is 15.6. The van der Waals surface area contributed by atoms with E-state index in [1.165, 1.54) is 11.1 Å². The first-order valence-corrected chi connectivity index (χ1v) is 9.03. The lowest BCUT2D eigenvalue weighted by Crippen LogP contribution is -2.50. The van der Waals surface area contributed by atoms with Gasteiger partial charge in [0.25, 0.3) is 0 Å². The monoisotopic (exact) mass is 339 g/mol. The van der Waals surface area contributed by atoms with Gasteiger partial charge < -0.3 is 9.64 Å². The maximum Gasteiger partial charge on any atom is 0.0829 e. The maximum absolute atomic E-state index is 5.88. The Morgan fingerprint density at radius 1 is 1.08 bits per heavy atom. The number of methoxy groups -OCH3 is 1. The first kappa shape index (κ1) is 18.1. The van der Waals surface area contributed by atoms with Crippen molar-refractivity contribution in [3.05, 3.63) is 54.2 Å². The number of rotatable bonds is 6. The van der Waals surface area contributed by atoms with Crippen LogP contribution in [0, 0.1) is 0 Å². The molecule has 0 aliphatic carbocycles. The summed E-state index contributed by atoms with van der Waals surface area (Å²) in [5.74, 6) is 0. The number of ether oxygens (including phenoxy) is 1. The van der Waals surface area contributed by atoms with E-state index in [0.29, 0.717) is 0 Å². The Bertz CT molecular complexity index is 647. The Balaban J connectivity index is 1.57. The van der Waals surface area contributed by atoms with Gasteiger partial charge in [-0.15, -0.1) is 0 Å². The van der Waals surface area contributed by atoms with Crippen molar-refractivity contribution in [2.75, 3.05) is 40.8 Å². The lowest BCUT2D eigenvalue weighted by Gasteiger charge is -2.42. The molecule has 0 bridgehead atoms. The van der Waals surface area contributed by atoms with Gasteiger partial charge in [-0.05, 0) is 44.6 Å². The summed E-state index contributed by atoms with van der Waals surface area (Å²) in [6, 6.07) is 14.8. The molecule has 1 saturated heterocycles. The Morgan fingerprint density at radius 3 is 2.36 bits per heavy atom. The van der Waals surface area contributed by atoms with E-state index in [1.54, 1.807) is 0 Å². The third-order valence-electron chi connectivity index (χ3n) is 5.13. The minimum Gasteiger partial charge on any atom is -0.377 e. The average molecular weight is 339 g/mol. The molecule has 1 aromatic carbocycles. The minimum absolute atomic E-state index is 0.0167. The second-order valence-electron chi connectivity index (χ2n) is 7.31. The summed E-state index contributed by atoms with van der Waals surface area (Å²) in [7, 11) is 6.10. The van der Waals surface area contributed by atoms with E-state index in [0.717, 1.165) is 44.7 Å². The number of likely N-dealkylation sites (tertiary alicyclic amines) is 1. The first-order chi connectivity index (χ1) is 12.1. The molecule has 25 heavy (non-hydrogen) atoms. The van der Waals surface area contributed by atoms with Crippen LogP contribution >= 0.6 is 0 Å². The molecule has 3 rings (SSSR count). The number of piperidine rings is 1. The number of hydrogen-bond acceptors (Lipinski definition) is 4. The van der Waals surface area contributed by atoms with Crippen LogP contribution in [0.15, 0.2) is 48.7 Å².